The van der Waals surface area contributed by atoms with Gasteiger partial charge in [0.05, 0.1) is 12.7 Å². The molecular weight excluding hydrogens is 288 g/mol. The Balaban J connectivity index is 2.04. The third-order valence-corrected chi connectivity index (χ3v) is 4.29. The molecule has 1 fully saturated rings. The third-order valence-electron chi connectivity index (χ3n) is 3.35. The van der Waals surface area contributed by atoms with Gasteiger partial charge < -0.3 is 20.5 Å². The highest BCUT2D eigenvalue weighted by Gasteiger charge is 2.21. The van der Waals surface area contributed by atoms with Gasteiger partial charge in [-0.3, -0.25) is 0 Å². The SMILES string of the molecule is CCCCSc1nc(N)cc(N2CCOC(CCO)C2)n1. The van der Waals surface area contributed by atoms with Crippen molar-refractivity contribution in [2.45, 2.75) is 37.4 Å². The minimum Gasteiger partial charge on any atom is -0.396 e. The summed E-state index contributed by atoms with van der Waals surface area (Å²) in [5.74, 6) is 2.37. The highest BCUT2D eigenvalue weighted by atomic mass is 32.2. The van der Waals surface area contributed by atoms with Crippen LogP contribution in [0.5, 0.6) is 0 Å². The molecule has 3 N–H and O–H groups in total. The van der Waals surface area contributed by atoms with Crippen molar-refractivity contribution in [2.75, 3.05) is 42.7 Å². The maximum Gasteiger partial charge on any atom is 0.191 e. The molecule has 1 saturated heterocycles. The van der Waals surface area contributed by atoms with Crippen molar-refractivity contribution in [3.63, 3.8) is 0 Å². The Morgan fingerprint density at radius 1 is 1.52 bits per heavy atom. The number of aromatic nitrogens is 2. The van der Waals surface area contributed by atoms with Gasteiger partial charge >= 0.3 is 0 Å². The molecule has 6 nitrogen and oxygen atoms in total. The van der Waals surface area contributed by atoms with Crippen molar-refractivity contribution in [1.82, 2.24) is 9.97 Å². The zero-order chi connectivity index (χ0) is 15.1. The Morgan fingerprint density at radius 3 is 3.14 bits per heavy atom. The van der Waals surface area contributed by atoms with E-state index in [1.807, 2.05) is 6.07 Å². The fourth-order valence-electron chi connectivity index (χ4n) is 2.21. The van der Waals surface area contributed by atoms with Crippen LogP contribution in [0.2, 0.25) is 0 Å². The first-order chi connectivity index (χ1) is 10.2. The van der Waals surface area contributed by atoms with Crippen LogP contribution >= 0.6 is 11.8 Å². The third kappa shape index (κ3) is 5.01. The van der Waals surface area contributed by atoms with E-state index in [2.05, 4.69) is 21.8 Å². The molecule has 118 valence electrons. The number of morpholine rings is 1. The van der Waals surface area contributed by atoms with Gasteiger partial charge in [-0.15, -0.1) is 0 Å². The molecule has 1 aliphatic rings. The number of hydrogen-bond acceptors (Lipinski definition) is 7. The average molecular weight is 312 g/mol. The molecule has 1 atom stereocenters. The van der Waals surface area contributed by atoms with Crippen LogP contribution in [0, 0.1) is 0 Å². The van der Waals surface area contributed by atoms with Gasteiger partial charge in [0.2, 0.25) is 0 Å². The number of unbranched alkanes of at least 4 members (excludes halogenated alkanes) is 1. The molecule has 21 heavy (non-hydrogen) atoms. The second-order valence-corrected chi connectivity index (χ2v) is 6.15. The lowest BCUT2D eigenvalue weighted by atomic mass is 10.2. The van der Waals surface area contributed by atoms with Gasteiger partial charge in [-0.25, -0.2) is 9.97 Å². The van der Waals surface area contributed by atoms with Gasteiger partial charge in [-0.1, -0.05) is 25.1 Å². The molecule has 2 rings (SSSR count). The smallest absolute Gasteiger partial charge is 0.191 e. The van der Waals surface area contributed by atoms with E-state index < -0.39 is 0 Å². The van der Waals surface area contributed by atoms with E-state index in [1.54, 1.807) is 11.8 Å². The molecule has 1 unspecified atom stereocenters. The lowest BCUT2D eigenvalue weighted by Gasteiger charge is -2.33. The van der Waals surface area contributed by atoms with E-state index in [9.17, 15) is 0 Å². The van der Waals surface area contributed by atoms with E-state index in [0.717, 1.165) is 42.7 Å². The molecule has 0 radical (unpaired) electrons. The molecule has 0 bridgehead atoms. The quantitative estimate of drug-likeness (QED) is 0.449. The standard InChI is InChI=1S/C14H24N4O2S/c1-2-3-8-21-14-16-12(15)9-13(17-14)18-5-7-20-11(10-18)4-6-19/h9,11,19H,2-8,10H2,1H3,(H2,15,16,17). The van der Waals surface area contributed by atoms with Crippen LogP contribution in [-0.4, -0.2) is 53.2 Å². The first kappa shape index (κ1) is 16.3. The number of nitrogens with zero attached hydrogens (tertiary/aromatic N) is 3. The predicted octanol–water partition coefficient (Wildman–Crippen LogP) is 1.54. The molecular formula is C14H24N4O2S. The number of aliphatic hydroxyl groups excluding tert-OH is 1. The van der Waals surface area contributed by atoms with Crippen molar-refractivity contribution in [3.05, 3.63) is 6.07 Å². The van der Waals surface area contributed by atoms with Crippen LogP contribution in [0.3, 0.4) is 0 Å². The Kier molecular flexibility index (Phi) is 6.53. The number of hydrogen-bond donors (Lipinski definition) is 2. The summed E-state index contributed by atoms with van der Waals surface area (Å²) in [6.45, 7) is 4.48. The molecule has 1 aromatic rings. The van der Waals surface area contributed by atoms with E-state index in [0.29, 0.717) is 18.8 Å². The van der Waals surface area contributed by atoms with Gasteiger partial charge in [0.1, 0.15) is 11.6 Å². The van der Waals surface area contributed by atoms with E-state index in [1.165, 1.54) is 0 Å². The van der Waals surface area contributed by atoms with Gasteiger partial charge in [0.25, 0.3) is 0 Å². The van der Waals surface area contributed by atoms with Crippen LogP contribution in [0.1, 0.15) is 26.2 Å². The van der Waals surface area contributed by atoms with Crippen LogP contribution in [0.25, 0.3) is 0 Å². The van der Waals surface area contributed by atoms with Crippen molar-refractivity contribution >= 4 is 23.4 Å². The van der Waals surface area contributed by atoms with Gasteiger partial charge in [0, 0.05) is 31.5 Å². The summed E-state index contributed by atoms with van der Waals surface area (Å²) in [6.07, 6.45) is 3.01. The highest BCUT2D eigenvalue weighted by molar-refractivity contribution is 7.99. The topological polar surface area (TPSA) is 84.5 Å². The van der Waals surface area contributed by atoms with Crippen LogP contribution < -0.4 is 10.6 Å². The van der Waals surface area contributed by atoms with E-state index in [-0.39, 0.29) is 12.7 Å². The lowest BCUT2D eigenvalue weighted by Crippen LogP contribution is -2.43. The maximum absolute atomic E-state index is 9.04. The Morgan fingerprint density at radius 2 is 2.38 bits per heavy atom. The van der Waals surface area contributed by atoms with E-state index >= 15 is 0 Å². The zero-order valence-electron chi connectivity index (χ0n) is 12.5. The summed E-state index contributed by atoms with van der Waals surface area (Å²) in [4.78, 5) is 11.0. The van der Waals surface area contributed by atoms with Crippen LogP contribution in [-0.2, 0) is 4.74 Å². The minimum absolute atomic E-state index is 0.0520. The van der Waals surface area contributed by atoms with Crippen LogP contribution in [0.15, 0.2) is 11.2 Å². The second kappa shape index (κ2) is 8.41. The monoisotopic (exact) mass is 312 g/mol. The highest BCUT2D eigenvalue weighted by Crippen LogP contribution is 2.23. The number of nitrogens with two attached hydrogens (primary N) is 1. The van der Waals surface area contributed by atoms with Gasteiger partial charge in [-0.05, 0) is 12.8 Å². The van der Waals surface area contributed by atoms with E-state index in [4.69, 9.17) is 15.6 Å². The maximum atomic E-state index is 9.04. The molecule has 0 amide bonds. The molecule has 0 saturated carbocycles. The Hall–Kier alpha value is -1.05. The first-order valence-electron chi connectivity index (χ1n) is 7.47. The predicted molar refractivity (Wildman–Crippen MR) is 85.7 cm³/mol. The number of anilines is 2. The van der Waals surface area contributed by atoms with Crippen molar-refractivity contribution in [2.24, 2.45) is 0 Å². The second-order valence-electron chi connectivity index (χ2n) is 5.09. The molecule has 0 aliphatic carbocycles. The summed E-state index contributed by atoms with van der Waals surface area (Å²) >= 11 is 1.65. The molecule has 2 heterocycles. The summed E-state index contributed by atoms with van der Waals surface area (Å²) in [5, 5.41) is 9.78. The zero-order valence-corrected chi connectivity index (χ0v) is 13.3. The molecule has 1 aromatic heterocycles. The molecule has 1 aliphatic heterocycles. The van der Waals surface area contributed by atoms with Gasteiger partial charge in [-0.2, -0.15) is 0 Å². The summed E-state index contributed by atoms with van der Waals surface area (Å²) in [6, 6.07) is 1.81. The van der Waals surface area contributed by atoms with Crippen molar-refractivity contribution in [3.8, 4) is 0 Å². The number of ether oxygens (including phenoxy) is 1. The lowest BCUT2D eigenvalue weighted by molar-refractivity contribution is 0.0244. The summed E-state index contributed by atoms with van der Waals surface area (Å²) in [7, 11) is 0. The largest absolute Gasteiger partial charge is 0.396 e. The molecule has 7 heteroatoms. The van der Waals surface area contributed by atoms with Gasteiger partial charge in [0.15, 0.2) is 5.16 Å². The first-order valence-corrected chi connectivity index (χ1v) is 8.46. The van der Waals surface area contributed by atoms with Crippen molar-refractivity contribution in [1.29, 1.82) is 0 Å². The number of rotatable bonds is 7. The number of nitrogen functional groups attached to an aromatic ring is 1. The fourth-order valence-corrected chi connectivity index (χ4v) is 3.15. The number of aliphatic hydroxyl groups is 1. The Bertz CT molecular complexity index is 445. The minimum atomic E-state index is 0.0520. The Labute approximate surface area is 130 Å². The van der Waals surface area contributed by atoms with Crippen LogP contribution in [0.4, 0.5) is 11.6 Å². The molecule has 0 aromatic carbocycles. The molecule has 0 spiro atoms. The van der Waals surface area contributed by atoms with Crippen molar-refractivity contribution < 1.29 is 9.84 Å². The fraction of sp³-hybridized carbons (Fsp3) is 0.714. The normalized spacial score (nSPS) is 19.0. The summed E-state index contributed by atoms with van der Waals surface area (Å²) in [5.41, 5.74) is 5.90. The average Bonchev–Trinajstić information content (AvgIpc) is 2.48. The summed E-state index contributed by atoms with van der Waals surface area (Å²) < 4.78 is 5.63. The number of thioether (sulfide) groups is 1.